The first-order valence-corrected chi connectivity index (χ1v) is 5.52. The normalized spacial score (nSPS) is 22.5. The van der Waals surface area contributed by atoms with E-state index in [0.29, 0.717) is 13.0 Å². The largest absolute Gasteiger partial charge is 0.396 e. The summed E-state index contributed by atoms with van der Waals surface area (Å²) in [4.78, 5) is 17.5. The van der Waals surface area contributed by atoms with E-state index >= 15 is 0 Å². The number of hydrogen-bond acceptors (Lipinski definition) is 3. The Bertz CT molecular complexity index is 367. The summed E-state index contributed by atoms with van der Waals surface area (Å²) in [5.74, 6) is 0.222. The van der Waals surface area contributed by atoms with Gasteiger partial charge in [-0.1, -0.05) is 0 Å². The van der Waals surface area contributed by atoms with E-state index in [9.17, 15) is 4.79 Å². The maximum atomic E-state index is 11.8. The zero-order valence-electron chi connectivity index (χ0n) is 9.34. The van der Waals surface area contributed by atoms with Crippen molar-refractivity contribution in [2.45, 2.75) is 19.4 Å². The van der Waals surface area contributed by atoms with Crippen LogP contribution in [0.4, 0.5) is 0 Å². The third kappa shape index (κ3) is 2.07. The summed E-state index contributed by atoms with van der Waals surface area (Å²) in [7, 11) is 0. The number of amides is 1. The van der Waals surface area contributed by atoms with Gasteiger partial charge in [0.2, 0.25) is 5.91 Å². The number of aliphatic hydroxyl groups excluding tert-OH is 1. The fourth-order valence-electron chi connectivity index (χ4n) is 2.13. The van der Waals surface area contributed by atoms with Crippen LogP contribution in [0.15, 0.2) is 24.5 Å². The Hall–Kier alpha value is -1.42. The molecule has 4 nitrogen and oxygen atoms in total. The van der Waals surface area contributed by atoms with E-state index in [1.807, 2.05) is 24.0 Å². The second-order valence-electron chi connectivity index (χ2n) is 4.26. The molecule has 1 aromatic rings. The minimum Gasteiger partial charge on any atom is -0.396 e. The van der Waals surface area contributed by atoms with Crippen LogP contribution in [-0.2, 0) is 4.79 Å². The number of nitrogens with zero attached hydrogens (tertiary/aromatic N) is 2. The molecule has 1 fully saturated rings. The monoisotopic (exact) mass is 220 g/mol. The van der Waals surface area contributed by atoms with Crippen molar-refractivity contribution in [1.29, 1.82) is 0 Å². The lowest BCUT2D eigenvalue weighted by Crippen LogP contribution is -2.28. The highest BCUT2D eigenvalue weighted by Crippen LogP contribution is 2.27. The van der Waals surface area contributed by atoms with E-state index < -0.39 is 0 Å². The molecule has 2 heterocycles. The number of aromatic nitrogens is 1. The summed E-state index contributed by atoms with van der Waals surface area (Å²) in [6.45, 7) is 2.75. The maximum Gasteiger partial charge on any atom is 0.223 e. The summed E-state index contributed by atoms with van der Waals surface area (Å²) >= 11 is 0. The first kappa shape index (κ1) is 11.1. The van der Waals surface area contributed by atoms with Gasteiger partial charge in [0, 0.05) is 37.9 Å². The zero-order valence-corrected chi connectivity index (χ0v) is 9.34. The van der Waals surface area contributed by atoms with Crippen LogP contribution in [0, 0.1) is 5.92 Å². The van der Waals surface area contributed by atoms with Crippen LogP contribution < -0.4 is 0 Å². The standard InChI is InChI=1S/C12H16N2O2/c1-9(11-2-4-13-5-3-11)14-7-10(8-15)6-12(14)16/h2-5,9-10,15H,6-8H2,1H3. The van der Waals surface area contributed by atoms with Gasteiger partial charge in [-0.2, -0.15) is 0 Å². The summed E-state index contributed by atoms with van der Waals surface area (Å²) in [6, 6.07) is 3.90. The van der Waals surface area contributed by atoms with Gasteiger partial charge in [-0.05, 0) is 24.6 Å². The Morgan fingerprint density at radius 3 is 2.81 bits per heavy atom. The second-order valence-corrected chi connectivity index (χ2v) is 4.26. The van der Waals surface area contributed by atoms with Crippen molar-refractivity contribution in [2.24, 2.45) is 5.92 Å². The predicted molar refractivity (Wildman–Crippen MR) is 59.6 cm³/mol. The second kappa shape index (κ2) is 4.61. The molecule has 86 valence electrons. The molecule has 1 saturated heterocycles. The van der Waals surface area contributed by atoms with Crippen LogP contribution in [0.2, 0.25) is 0 Å². The Morgan fingerprint density at radius 1 is 1.56 bits per heavy atom. The molecule has 4 heteroatoms. The molecule has 1 amide bonds. The molecule has 1 N–H and O–H groups in total. The van der Waals surface area contributed by atoms with E-state index in [0.717, 1.165) is 5.56 Å². The van der Waals surface area contributed by atoms with Gasteiger partial charge in [0.15, 0.2) is 0 Å². The molecule has 2 unspecified atom stereocenters. The van der Waals surface area contributed by atoms with Crippen molar-refractivity contribution in [3.05, 3.63) is 30.1 Å². The molecule has 1 aliphatic rings. The summed E-state index contributed by atoms with van der Waals surface area (Å²) in [6.07, 6.45) is 3.93. The molecule has 16 heavy (non-hydrogen) atoms. The minimum absolute atomic E-state index is 0.0621. The highest BCUT2D eigenvalue weighted by molar-refractivity contribution is 5.79. The van der Waals surface area contributed by atoms with E-state index in [2.05, 4.69) is 4.98 Å². The maximum absolute atomic E-state index is 11.8. The number of rotatable bonds is 3. The average molecular weight is 220 g/mol. The number of carbonyl (C=O) groups excluding carboxylic acids is 1. The smallest absolute Gasteiger partial charge is 0.223 e. The molecular formula is C12H16N2O2. The van der Waals surface area contributed by atoms with Gasteiger partial charge in [-0.15, -0.1) is 0 Å². The molecular weight excluding hydrogens is 204 g/mol. The fourth-order valence-corrected chi connectivity index (χ4v) is 2.13. The summed E-state index contributed by atoms with van der Waals surface area (Å²) < 4.78 is 0. The van der Waals surface area contributed by atoms with Crippen molar-refractivity contribution >= 4 is 5.91 Å². The van der Waals surface area contributed by atoms with Crippen molar-refractivity contribution in [3.8, 4) is 0 Å². The average Bonchev–Trinajstić information content (AvgIpc) is 2.71. The lowest BCUT2D eigenvalue weighted by atomic mass is 10.1. The number of hydrogen-bond donors (Lipinski definition) is 1. The molecule has 0 aliphatic carbocycles. The third-order valence-electron chi connectivity index (χ3n) is 3.15. The van der Waals surface area contributed by atoms with Crippen molar-refractivity contribution in [3.63, 3.8) is 0 Å². The molecule has 0 saturated carbocycles. The molecule has 0 aromatic carbocycles. The first-order chi connectivity index (χ1) is 7.72. The van der Waals surface area contributed by atoms with Gasteiger partial charge in [0.05, 0.1) is 6.04 Å². The zero-order chi connectivity index (χ0) is 11.5. The Morgan fingerprint density at radius 2 is 2.25 bits per heavy atom. The van der Waals surface area contributed by atoms with Crippen molar-refractivity contribution in [2.75, 3.05) is 13.2 Å². The number of aliphatic hydroxyl groups is 1. The molecule has 0 spiro atoms. The fraction of sp³-hybridized carbons (Fsp3) is 0.500. The lowest BCUT2D eigenvalue weighted by Gasteiger charge is -2.24. The molecule has 2 rings (SSSR count). The first-order valence-electron chi connectivity index (χ1n) is 5.52. The van der Waals surface area contributed by atoms with Gasteiger partial charge in [-0.3, -0.25) is 9.78 Å². The lowest BCUT2D eigenvalue weighted by molar-refractivity contribution is -0.129. The number of carbonyl (C=O) groups is 1. The SMILES string of the molecule is CC(c1ccncc1)N1CC(CO)CC1=O. The van der Waals surface area contributed by atoms with Gasteiger partial charge in [-0.25, -0.2) is 0 Å². The Labute approximate surface area is 94.9 Å². The molecule has 0 bridgehead atoms. The molecule has 1 aromatic heterocycles. The topological polar surface area (TPSA) is 53.4 Å². The van der Waals surface area contributed by atoms with Crippen LogP contribution in [-0.4, -0.2) is 34.0 Å². The van der Waals surface area contributed by atoms with Crippen LogP contribution >= 0.6 is 0 Å². The summed E-state index contributed by atoms with van der Waals surface area (Å²) in [5.41, 5.74) is 1.09. The van der Waals surface area contributed by atoms with Gasteiger partial charge >= 0.3 is 0 Å². The van der Waals surface area contributed by atoms with E-state index in [4.69, 9.17) is 5.11 Å². The van der Waals surface area contributed by atoms with Crippen LogP contribution in [0.25, 0.3) is 0 Å². The van der Waals surface area contributed by atoms with Crippen LogP contribution in [0.3, 0.4) is 0 Å². The van der Waals surface area contributed by atoms with Gasteiger partial charge < -0.3 is 10.0 Å². The van der Waals surface area contributed by atoms with E-state index in [1.54, 1.807) is 12.4 Å². The number of pyridine rings is 1. The quantitative estimate of drug-likeness (QED) is 0.826. The highest BCUT2D eigenvalue weighted by atomic mass is 16.3. The van der Waals surface area contributed by atoms with Crippen molar-refractivity contribution in [1.82, 2.24) is 9.88 Å². The Kier molecular flexibility index (Phi) is 3.19. The third-order valence-corrected chi connectivity index (χ3v) is 3.15. The molecule has 2 atom stereocenters. The molecule has 0 radical (unpaired) electrons. The van der Waals surface area contributed by atoms with Crippen LogP contribution in [0.5, 0.6) is 0 Å². The minimum atomic E-state index is 0.0621. The van der Waals surface area contributed by atoms with Crippen molar-refractivity contribution < 1.29 is 9.90 Å². The van der Waals surface area contributed by atoms with E-state index in [-0.39, 0.29) is 24.5 Å². The molecule has 1 aliphatic heterocycles. The summed E-state index contributed by atoms with van der Waals surface area (Å²) in [5, 5.41) is 9.07. The predicted octanol–water partition coefficient (Wildman–Crippen LogP) is 0.983. The number of likely N-dealkylation sites (tertiary alicyclic amines) is 1. The Balaban J connectivity index is 2.11. The highest BCUT2D eigenvalue weighted by Gasteiger charge is 2.32. The van der Waals surface area contributed by atoms with Gasteiger partial charge in [0.25, 0.3) is 0 Å². The van der Waals surface area contributed by atoms with E-state index in [1.165, 1.54) is 0 Å². The van der Waals surface area contributed by atoms with Crippen LogP contribution in [0.1, 0.15) is 24.9 Å². The van der Waals surface area contributed by atoms with Gasteiger partial charge in [0.1, 0.15) is 0 Å².